The van der Waals surface area contributed by atoms with E-state index in [1.54, 1.807) is 29.9 Å². The lowest BCUT2D eigenvalue weighted by Crippen LogP contribution is -2.14. The number of carbonyl (C=O) groups excluding carboxylic acids is 1. The number of thioether (sulfide) groups is 1. The van der Waals surface area contributed by atoms with Crippen LogP contribution in [0.4, 0.5) is 5.82 Å². The summed E-state index contributed by atoms with van der Waals surface area (Å²) < 4.78 is 0. The number of benzene rings is 1. The highest BCUT2D eigenvalue weighted by Crippen LogP contribution is 2.38. The first-order valence-corrected chi connectivity index (χ1v) is 10.6. The van der Waals surface area contributed by atoms with E-state index < -0.39 is 0 Å². The van der Waals surface area contributed by atoms with E-state index in [9.17, 15) is 4.79 Å². The van der Waals surface area contributed by atoms with Crippen LogP contribution in [0, 0.1) is 13.8 Å². The Balaban J connectivity index is 1.60. The lowest BCUT2D eigenvalue weighted by Gasteiger charge is -2.07. The summed E-state index contributed by atoms with van der Waals surface area (Å²) in [7, 11) is 0. The summed E-state index contributed by atoms with van der Waals surface area (Å²) in [6.45, 7) is 4.22. The number of pyridine rings is 1. The number of amides is 1. The van der Waals surface area contributed by atoms with Crippen molar-refractivity contribution in [2.45, 2.75) is 18.9 Å². The summed E-state index contributed by atoms with van der Waals surface area (Å²) in [6, 6.07) is 11.9. The van der Waals surface area contributed by atoms with Gasteiger partial charge in [-0.15, -0.1) is 11.3 Å². The predicted molar refractivity (Wildman–Crippen MR) is 116 cm³/mol. The van der Waals surface area contributed by atoms with Crippen molar-refractivity contribution in [2.75, 3.05) is 11.1 Å². The third kappa shape index (κ3) is 3.90. The van der Waals surface area contributed by atoms with Crippen molar-refractivity contribution < 1.29 is 4.79 Å². The number of rotatable bonds is 5. The zero-order valence-electron chi connectivity index (χ0n) is 15.5. The SMILES string of the molecule is Cc1ccc(-c2csc3ncnc(SCC(=O)Nc4ccccn4)c23)cc1C. The van der Waals surface area contributed by atoms with E-state index in [4.69, 9.17) is 0 Å². The van der Waals surface area contributed by atoms with Gasteiger partial charge in [-0.25, -0.2) is 15.0 Å². The maximum absolute atomic E-state index is 12.3. The minimum absolute atomic E-state index is 0.113. The highest BCUT2D eigenvalue weighted by atomic mass is 32.2. The first-order valence-electron chi connectivity index (χ1n) is 8.75. The highest BCUT2D eigenvalue weighted by molar-refractivity contribution is 8.00. The van der Waals surface area contributed by atoms with Gasteiger partial charge in [0.15, 0.2) is 0 Å². The topological polar surface area (TPSA) is 67.8 Å². The van der Waals surface area contributed by atoms with Gasteiger partial charge >= 0.3 is 0 Å². The Hall–Kier alpha value is -2.77. The Morgan fingerprint density at radius 2 is 2.00 bits per heavy atom. The number of thiophene rings is 1. The molecule has 28 heavy (non-hydrogen) atoms. The molecule has 1 aromatic carbocycles. The van der Waals surface area contributed by atoms with Crippen LogP contribution in [0.5, 0.6) is 0 Å². The molecule has 0 fully saturated rings. The van der Waals surface area contributed by atoms with E-state index in [1.165, 1.54) is 22.9 Å². The Bertz CT molecular complexity index is 1140. The molecule has 5 nitrogen and oxygen atoms in total. The van der Waals surface area contributed by atoms with Crippen LogP contribution in [0.1, 0.15) is 11.1 Å². The van der Waals surface area contributed by atoms with Gasteiger partial charge in [-0.05, 0) is 42.7 Å². The largest absolute Gasteiger partial charge is 0.310 e. The first-order chi connectivity index (χ1) is 13.6. The smallest absolute Gasteiger partial charge is 0.235 e. The van der Waals surface area contributed by atoms with Gasteiger partial charge in [0.25, 0.3) is 0 Å². The molecule has 1 N–H and O–H groups in total. The molecule has 4 aromatic rings. The molecule has 1 amide bonds. The van der Waals surface area contributed by atoms with Crippen molar-refractivity contribution in [3.8, 4) is 11.1 Å². The van der Waals surface area contributed by atoms with Gasteiger partial charge in [0.2, 0.25) is 5.91 Å². The minimum Gasteiger partial charge on any atom is -0.310 e. The molecular weight excluding hydrogens is 388 g/mol. The van der Waals surface area contributed by atoms with E-state index in [0.29, 0.717) is 5.82 Å². The van der Waals surface area contributed by atoms with Crippen molar-refractivity contribution >= 4 is 45.0 Å². The number of carbonyl (C=O) groups is 1. The number of nitrogens with one attached hydrogen (secondary N) is 1. The van der Waals surface area contributed by atoms with Crippen LogP contribution >= 0.6 is 23.1 Å². The van der Waals surface area contributed by atoms with Crippen LogP contribution in [0.25, 0.3) is 21.3 Å². The summed E-state index contributed by atoms with van der Waals surface area (Å²) in [5, 5.41) is 6.74. The Labute approximate surface area is 171 Å². The van der Waals surface area contributed by atoms with Gasteiger partial charge < -0.3 is 5.32 Å². The molecule has 0 bridgehead atoms. The second-order valence-corrected chi connectivity index (χ2v) is 8.18. The number of fused-ring (bicyclic) bond motifs is 1. The van der Waals surface area contributed by atoms with Crippen LogP contribution in [0.2, 0.25) is 0 Å². The van der Waals surface area contributed by atoms with E-state index in [-0.39, 0.29) is 11.7 Å². The van der Waals surface area contributed by atoms with Crippen LogP contribution in [-0.4, -0.2) is 26.6 Å². The summed E-state index contributed by atoms with van der Waals surface area (Å²) in [4.78, 5) is 26.2. The van der Waals surface area contributed by atoms with Gasteiger partial charge in [-0.1, -0.05) is 36.0 Å². The van der Waals surface area contributed by atoms with Crippen LogP contribution in [0.3, 0.4) is 0 Å². The number of hydrogen-bond donors (Lipinski definition) is 1. The molecule has 0 radical (unpaired) electrons. The van der Waals surface area contributed by atoms with E-state index >= 15 is 0 Å². The van der Waals surface area contributed by atoms with Crippen molar-refractivity contribution in [2.24, 2.45) is 0 Å². The molecule has 140 valence electrons. The number of hydrogen-bond acceptors (Lipinski definition) is 6. The number of aryl methyl sites for hydroxylation is 2. The molecule has 3 aromatic heterocycles. The van der Waals surface area contributed by atoms with Gasteiger partial charge in [-0.2, -0.15) is 0 Å². The molecule has 0 atom stereocenters. The maximum Gasteiger partial charge on any atom is 0.235 e. The molecule has 0 aliphatic carbocycles. The highest BCUT2D eigenvalue weighted by Gasteiger charge is 2.15. The zero-order valence-corrected chi connectivity index (χ0v) is 17.1. The van der Waals surface area contributed by atoms with E-state index in [0.717, 1.165) is 26.4 Å². The van der Waals surface area contributed by atoms with Crippen molar-refractivity contribution in [1.82, 2.24) is 15.0 Å². The molecule has 0 spiro atoms. The van der Waals surface area contributed by atoms with Crippen molar-refractivity contribution in [3.63, 3.8) is 0 Å². The van der Waals surface area contributed by atoms with E-state index in [1.807, 2.05) is 12.1 Å². The fraction of sp³-hybridized carbons (Fsp3) is 0.143. The standard InChI is InChI=1S/C21H18N4OS2/c1-13-6-7-15(9-14(13)2)16-10-27-20-19(16)21(24-12-23-20)28-11-18(26)25-17-5-3-4-8-22-17/h3-10,12H,11H2,1-2H3,(H,22,25,26). The summed E-state index contributed by atoms with van der Waals surface area (Å²) >= 11 is 3.01. The summed E-state index contributed by atoms with van der Waals surface area (Å²) in [6.07, 6.45) is 3.21. The average molecular weight is 407 g/mol. The number of nitrogens with zero attached hydrogens (tertiary/aromatic N) is 3. The summed E-state index contributed by atoms with van der Waals surface area (Å²) in [5.41, 5.74) is 4.76. The Morgan fingerprint density at radius 1 is 1.11 bits per heavy atom. The van der Waals surface area contributed by atoms with Crippen LogP contribution < -0.4 is 5.32 Å². The molecule has 0 aliphatic heterocycles. The second-order valence-electron chi connectivity index (χ2n) is 6.36. The van der Waals surface area contributed by atoms with Crippen LogP contribution in [0.15, 0.2) is 59.3 Å². The molecule has 4 rings (SSSR count). The quantitative estimate of drug-likeness (QED) is 0.369. The number of anilines is 1. The monoisotopic (exact) mass is 406 g/mol. The predicted octanol–water partition coefficient (Wildman–Crippen LogP) is 5.10. The minimum atomic E-state index is -0.113. The maximum atomic E-state index is 12.3. The fourth-order valence-corrected chi connectivity index (χ4v) is 4.62. The third-order valence-electron chi connectivity index (χ3n) is 4.43. The Morgan fingerprint density at radius 3 is 2.79 bits per heavy atom. The molecule has 0 saturated heterocycles. The van der Waals surface area contributed by atoms with Gasteiger partial charge in [0.05, 0.1) is 11.1 Å². The fourth-order valence-electron chi connectivity index (χ4n) is 2.83. The lowest BCUT2D eigenvalue weighted by molar-refractivity contribution is -0.113. The van der Waals surface area contributed by atoms with E-state index in [2.05, 4.69) is 57.7 Å². The molecule has 7 heteroatoms. The van der Waals surface area contributed by atoms with Crippen molar-refractivity contribution in [3.05, 3.63) is 65.4 Å². The Kier molecular flexibility index (Phi) is 5.36. The average Bonchev–Trinajstić information content (AvgIpc) is 3.14. The van der Waals surface area contributed by atoms with Gasteiger partial charge in [0.1, 0.15) is 22.0 Å². The van der Waals surface area contributed by atoms with Gasteiger partial charge in [0, 0.05) is 17.1 Å². The zero-order chi connectivity index (χ0) is 19.5. The van der Waals surface area contributed by atoms with Gasteiger partial charge in [-0.3, -0.25) is 4.79 Å². The number of aromatic nitrogens is 3. The first kappa shape index (κ1) is 18.6. The molecular formula is C21H18N4OS2. The molecule has 3 heterocycles. The van der Waals surface area contributed by atoms with Crippen LogP contribution in [-0.2, 0) is 4.79 Å². The molecule has 0 aliphatic rings. The van der Waals surface area contributed by atoms with Crippen molar-refractivity contribution in [1.29, 1.82) is 0 Å². The third-order valence-corrected chi connectivity index (χ3v) is 6.30. The molecule has 0 saturated carbocycles. The summed E-state index contributed by atoms with van der Waals surface area (Å²) in [5.74, 6) is 0.691. The normalized spacial score (nSPS) is 10.9. The molecule has 0 unspecified atom stereocenters. The second kappa shape index (κ2) is 8.08. The lowest BCUT2D eigenvalue weighted by atomic mass is 10.0.